The molecule has 5 heteroatoms. The Morgan fingerprint density at radius 3 is 3.00 bits per heavy atom. The second-order valence-corrected chi connectivity index (χ2v) is 5.10. The molecule has 4 nitrogen and oxygen atoms in total. The van der Waals surface area contributed by atoms with Crippen LogP contribution in [0.3, 0.4) is 0 Å². The maximum Gasteiger partial charge on any atom is 0.216 e. The molecule has 0 bridgehead atoms. The van der Waals surface area contributed by atoms with Crippen LogP contribution >= 0.6 is 11.8 Å². The summed E-state index contributed by atoms with van der Waals surface area (Å²) in [5.41, 5.74) is 1.29. The van der Waals surface area contributed by atoms with Crippen LogP contribution in [0.1, 0.15) is 18.5 Å². The summed E-state index contributed by atoms with van der Waals surface area (Å²) in [6.45, 7) is 2.73. The van der Waals surface area contributed by atoms with Crippen molar-refractivity contribution in [2.24, 2.45) is 4.99 Å². The molecular weight excluding hydrogens is 246 g/mol. The molecule has 0 spiro atoms. The third-order valence-corrected chi connectivity index (χ3v) is 3.65. The van der Waals surface area contributed by atoms with Crippen LogP contribution in [0.5, 0.6) is 0 Å². The maximum atomic E-state index is 10.7. The van der Waals surface area contributed by atoms with Gasteiger partial charge in [0.1, 0.15) is 0 Å². The van der Waals surface area contributed by atoms with E-state index in [1.807, 2.05) is 18.2 Å². The summed E-state index contributed by atoms with van der Waals surface area (Å²) in [6.07, 6.45) is 0. The van der Waals surface area contributed by atoms with Crippen molar-refractivity contribution >= 4 is 22.8 Å². The fourth-order valence-corrected chi connectivity index (χ4v) is 2.75. The van der Waals surface area contributed by atoms with Gasteiger partial charge in [0.05, 0.1) is 12.6 Å². The van der Waals surface area contributed by atoms with Gasteiger partial charge >= 0.3 is 0 Å². The number of hydrogen-bond acceptors (Lipinski definition) is 3. The molecule has 2 rings (SSSR count). The van der Waals surface area contributed by atoms with E-state index in [1.165, 1.54) is 12.5 Å². The van der Waals surface area contributed by atoms with Gasteiger partial charge in [0, 0.05) is 19.2 Å². The van der Waals surface area contributed by atoms with Gasteiger partial charge in [-0.2, -0.15) is 0 Å². The average Bonchev–Trinajstić information content (AvgIpc) is 2.84. The van der Waals surface area contributed by atoms with E-state index in [-0.39, 0.29) is 5.91 Å². The zero-order valence-electron chi connectivity index (χ0n) is 10.3. The highest BCUT2D eigenvalue weighted by molar-refractivity contribution is 8.14. The van der Waals surface area contributed by atoms with Crippen molar-refractivity contribution in [3.05, 3.63) is 35.9 Å². The summed E-state index contributed by atoms with van der Waals surface area (Å²) in [6, 6.07) is 10.7. The van der Waals surface area contributed by atoms with E-state index in [0.29, 0.717) is 19.1 Å². The third-order valence-electron chi connectivity index (χ3n) is 2.63. The number of benzene rings is 1. The number of amidine groups is 1. The zero-order chi connectivity index (χ0) is 12.8. The van der Waals surface area contributed by atoms with E-state index in [4.69, 9.17) is 0 Å². The molecule has 1 atom stereocenters. The van der Waals surface area contributed by atoms with E-state index >= 15 is 0 Å². The minimum atomic E-state index is -0.00982. The summed E-state index contributed by atoms with van der Waals surface area (Å²) in [7, 11) is 0. The molecule has 0 saturated carbocycles. The normalized spacial score (nSPS) is 20.7. The summed E-state index contributed by atoms with van der Waals surface area (Å²) < 4.78 is 0. The Hall–Kier alpha value is -1.49. The molecule has 0 radical (unpaired) electrons. The molecule has 1 heterocycles. The Labute approximate surface area is 111 Å². The Kier molecular flexibility index (Phi) is 4.64. The van der Waals surface area contributed by atoms with Gasteiger partial charge in [-0.25, -0.2) is 0 Å². The lowest BCUT2D eigenvalue weighted by Crippen LogP contribution is -2.24. The van der Waals surface area contributed by atoms with Crippen LogP contribution in [0.2, 0.25) is 0 Å². The summed E-state index contributed by atoms with van der Waals surface area (Å²) in [5, 5.41) is 7.09. The first kappa shape index (κ1) is 13.0. The third kappa shape index (κ3) is 3.77. The lowest BCUT2D eigenvalue weighted by molar-refractivity contribution is -0.118. The Bertz CT molecular complexity index is 433. The van der Waals surface area contributed by atoms with Crippen molar-refractivity contribution < 1.29 is 4.79 Å². The molecule has 1 aromatic carbocycles. The van der Waals surface area contributed by atoms with Crippen LogP contribution in [0.4, 0.5) is 0 Å². The monoisotopic (exact) mass is 263 g/mol. The van der Waals surface area contributed by atoms with Crippen molar-refractivity contribution in [3.8, 4) is 0 Å². The van der Waals surface area contributed by atoms with E-state index in [9.17, 15) is 4.79 Å². The zero-order valence-corrected chi connectivity index (χ0v) is 11.2. The van der Waals surface area contributed by atoms with Crippen molar-refractivity contribution in [1.29, 1.82) is 0 Å². The molecule has 2 N–H and O–H groups in total. The summed E-state index contributed by atoms with van der Waals surface area (Å²) in [5.74, 6) is 0.993. The summed E-state index contributed by atoms with van der Waals surface area (Å²) >= 11 is 1.73. The molecule has 96 valence electrons. The molecule has 1 fully saturated rings. The number of carbonyl (C=O) groups excluding carboxylic acids is 1. The van der Waals surface area contributed by atoms with Gasteiger partial charge in [0.25, 0.3) is 0 Å². The van der Waals surface area contributed by atoms with E-state index in [1.54, 1.807) is 11.8 Å². The lowest BCUT2D eigenvalue weighted by atomic mass is 10.1. The van der Waals surface area contributed by atoms with E-state index in [0.717, 1.165) is 10.9 Å². The fourth-order valence-electron chi connectivity index (χ4n) is 1.74. The van der Waals surface area contributed by atoms with E-state index in [2.05, 4.69) is 27.8 Å². The largest absolute Gasteiger partial charge is 0.357 e. The summed E-state index contributed by atoms with van der Waals surface area (Å²) in [4.78, 5) is 15.1. The number of rotatable bonds is 4. The highest BCUT2D eigenvalue weighted by Crippen LogP contribution is 2.25. The Balaban J connectivity index is 1.81. The van der Waals surface area contributed by atoms with Gasteiger partial charge in [0.15, 0.2) is 5.17 Å². The van der Waals surface area contributed by atoms with Gasteiger partial charge in [-0.15, -0.1) is 0 Å². The molecule has 1 amide bonds. The minimum absolute atomic E-state index is 0.00982. The first-order valence-electron chi connectivity index (χ1n) is 5.99. The molecule has 1 saturated heterocycles. The minimum Gasteiger partial charge on any atom is -0.357 e. The van der Waals surface area contributed by atoms with Crippen LogP contribution < -0.4 is 10.6 Å². The van der Waals surface area contributed by atoms with Crippen LogP contribution in [0.25, 0.3) is 0 Å². The van der Waals surface area contributed by atoms with Crippen LogP contribution in [0, 0.1) is 0 Å². The SMILES string of the molecule is CC(=O)NCCN=C1NC(c2ccccc2)CS1. The smallest absolute Gasteiger partial charge is 0.216 e. The first-order valence-corrected chi connectivity index (χ1v) is 6.97. The van der Waals surface area contributed by atoms with E-state index < -0.39 is 0 Å². The second kappa shape index (κ2) is 6.44. The molecule has 0 aromatic heterocycles. The number of aliphatic imine (C=N–C) groups is 1. The molecular formula is C13H17N3OS. The van der Waals surface area contributed by atoms with Gasteiger partial charge < -0.3 is 10.6 Å². The van der Waals surface area contributed by atoms with Gasteiger partial charge in [0.2, 0.25) is 5.91 Å². The number of nitrogens with zero attached hydrogens (tertiary/aromatic N) is 1. The van der Waals surface area contributed by atoms with Crippen LogP contribution in [-0.4, -0.2) is 29.9 Å². The molecule has 1 unspecified atom stereocenters. The quantitative estimate of drug-likeness (QED) is 0.811. The van der Waals surface area contributed by atoms with Gasteiger partial charge in [-0.3, -0.25) is 9.79 Å². The van der Waals surface area contributed by atoms with Crippen LogP contribution in [0.15, 0.2) is 35.3 Å². The van der Waals surface area contributed by atoms with Crippen LogP contribution in [-0.2, 0) is 4.79 Å². The molecule has 1 aliphatic heterocycles. The number of amides is 1. The van der Waals surface area contributed by atoms with Crippen molar-refractivity contribution in [2.75, 3.05) is 18.8 Å². The topological polar surface area (TPSA) is 53.5 Å². The molecule has 1 aromatic rings. The maximum absolute atomic E-state index is 10.7. The molecule has 18 heavy (non-hydrogen) atoms. The number of nitrogens with one attached hydrogen (secondary N) is 2. The number of carbonyl (C=O) groups is 1. The Morgan fingerprint density at radius 1 is 1.50 bits per heavy atom. The average molecular weight is 263 g/mol. The first-order chi connectivity index (χ1) is 8.75. The fraction of sp³-hybridized carbons (Fsp3) is 0.385. The lowest BCUT2D eigenvalue weighted by Gasteiger charge is -2.09. The predicted molar refractivity (Wildman–Crippen MR) is 75.8 cm³/mol. The predicted octanol–water partition coefficient (Wildman–Crippen LogP) is 1.56. The van der Waals surface area contributed by atoms with Crippen molar-refractivity contribution in [2.45, 2.75) is 13.0 Å². The highest BCUT2D eigenvalue weighted by atomic mass is 32.2. The Morgan fingerprint density at radius 2 is 2.28 bits per heavy atom. The van der Waals surface area contributed by atoms with Gasteiger partial charge in [-0.05, 0) is 5.56 Å². The van der Waals surface area contributed by atoms with Crippen molar-refractivity contribution in [1.82, 2.24) is 10.6 Å². The number of hydrogen-bond donors (Lipinski definition) is 2. The number of thioether (sulfide) groups is 1. The molecule has 1 aliphatic rings. The standard InChI is InChI=1S/C13H17N3OS/c1-10(17)14-7-8-15-13-16-12(9-18-13)11-5-3-2-4-6-11/h2-6,12H,7-9H2,1H3,(H,14,17)(H,15,16). The second-order valence-electron chi connectivity index (χ2n) is 4.09. The van der Waals surface area contributed by atoms with Crippen molar-refractivity contribution in [3.63, 3.8) is 0 Å². The molecule has 0 aliphatic carbocycles. The highest BCUT2D eigenvalue weighted by Gasteiger charge is 2.21. The van der Waals surface area contributed by atoms with Gasteiger partial charge in [-0.1, -0.05) is 42.1 Å².